The molecule has 10 heavy (non-hydrogen) atoms. The monoisotopic (exact) mass is 160 g/mol. The summed E-state index contributed by atoms with van der Waals surface area (Å²) in [6, 6.07) is 0. The Morgan fingerprint density at radius 2 is 2.00 bits per heavy atom. The van der Waals surface area contributed by atoms with Crippen LogP contribution in [0.3, 0.4) is 0 Å². The van der Waals surface area contributed by atoms with Crippen LogP contribution in [-0.4, -0.2) is 9.59 Å². The Morgan fingerprint density at radius 1 is 1.40 bits per heavy atom. The van der Waals surface area contributed by atoms with Crippen molar-refractivity contribution in [2.24, 2.45) is 0 Å². The van der Waals surface area contributed by atoms with Crippen LogP contribution in [0.2, 0.25) is 0 Å². The molecular formula is C6H9FN2S. The lowest BCUT2D eigenvalue weighted by atomic mass is 9.93. The molecule has 2 nitrogen and oxygen atoms in total. The van der Waals surface area contributed by atoms with Crippen LogP contribution in [0.15, 0.2) is 0 Å². The second kappa shape index (κ2) is 2.27. The van der Waals surface area contributed by atoms with E-state index in [9.17, 15) is 4.39 Å². The van der Waals surface area contributed by atoms with E-state index in [1.54, 1.807) is 0 Å². The quantitative estimate of drug-likeness (QED) is 0.580. The first-order valence-corrected chi connectivity index (χ1v) is 3.77. The minimum absolute atomic E-state index is 0.225. The van der Waals surface area contributed by atoms with Crippen LogP contribution in [0.25, 0.3) is 0 Å². The van der Waals surface area contributed by atoms with E-state index in [4.69, 9.17) is 0 Å². The molecule has 1 rings (SSSR count). The predicted molar refractivity (Wildman–Crippen MR) is 38.6 cm³/mol. The van der Waals surface area contributed by atoms with Gasteiger partial charge in [0.2, 0.25) is 5.13 Å². The van der Waals surface area contributed by atoms with E-state index < -0.39 is 0 Å². The Labute approximate surface area is 63.2 Å². The lowest BCUT2D eigenvalue weighted by molar-refractivity contribution is 0.517. The van der Waals surface area contributed by atoms with E-state index in [1.165, 1.54) is 0 Å². The molecular weight excluding hydrogens is 151 g/mol. The van der Waals surface area contributed by atoms with E-state index in [2.05, 4.69) is 9.59 Å². The van der Waals surface area contributed by atoms with Gasteiger partial charge in [-0.3, -0.25) is 0 Å². The summed E-state index contributed by atoms with van der Waals surface area (Å²) in [7, 11) is 0. The second-order valence-electron chi connectivity index (χ2n) is 3.15. The van der Waals surface area contributed by atoms with Crippen LogP contribution in [0.5, 0.6) is 0 Å². The Morgan fingerprint density at radius 3 is 2.20 bits per heavy atom. The summed E-state index contributed by atoms with van der Waals surface area (Å²) in [5.74, 6) is 0. The minimum atomic E-state index is -0.271. The molecule has 0 aliphatic carbocycles. The van der Waals surface area contributed by atoms with Gasteiger partial charge in [0.05, 0.1) is 0 Å². The maximum Gasteiger partial charge on any atom is 0.219 e. The fraction of sp³-hybridized carbons (Fsp3) is 0.667. The third kappa shape index (κ3) is 1.31. The average Bonchev–Trinajstić information content (AvgIpc) is 2.11. The van der Waals surface area contributed by atoms with Gasteiger partial charge in [0.1, 0.15) is 5.69 Å². The second-order valence-corrected chi connectivity index (χ2v) is 3.85. The molecule has 0 atom stereocenters. The summed E-state index contributed by atoms with van der Waals surface area (Å²) in [5.41, 5.74) is 0.231. The molecule has 0 saturated heterocycles. The topological polar surface area (TPSA) is 25.8 Å². The standard InChI is InChI=1S/C6H9FN2S/c1-6(2,3)4-5(7)10-9-8-4/h1-3H3. The minimum Gasteiger partial charge on any atom is -0.191 e. The Hall–Kier alpha value is -0.510. The fourth-order valence-corrected chi connectivity index (χ4v) is 1.25. The van der Waals surface area contributed by atoms with Crippen LogP contribution >= 0.6 is 11.5 Å². The van der Waals surface area contributed by atoms with Gasteiger partial charge in [-0.15, -0.1) is 5.10 Å². The van der Waals surface area contributed by atoms with Gasteiger partial charge >= 0.3 is 0 Å². The first-order chi connectivity index (χ1) is 4.52. The highest BCUT2D eigenvalue weighted by atomic mass is 32.1. The van der Waals surface area contributed by atoms with Crippen molar-refractivity contribution in [2.75, 3.05) is 0 Å². The molecule has 56 valence electrons. The third-order valence-electron chi connectivity index (χ3n) is 1.16. The maximum absolute atomic E-state index is 12.7. The summed E-state index contributed by atoms with van der Waals surface area (Å²) in [6.07, 6.45) is 0. The van der Waals surface area contributed by atoms with Crippen LogP contribution < -0.4 is 0 Å². The van der Waals surface area contributed by atoms with Crippen LogP contribution in [0.4, 0.5) is 4.39 Å². The van der Waals surface area contributed by atoms with Gasteiger partial charge in [-0.25, -0.2) is 0 Å². The van der Waals surface area contributed by atoms with Crippen molar-refractivity contribution in [3.63, 3.8) is 0 Å². The van der Waals surface area contributed by atoms with E-state index in [-0.39, 0.29) is 10.5 Å². The molecule has 0 aliphatic heterocycles. The highest BCUT2D eigenvalue weighted by Crippen LogP contribution is 2.23. The molecule has 0 spiro atoms. The maximum atomic E-state index is 12.7. The third-order valence-corrected chi connectivity index (χ3v) is 1.68. The highest BCUT2D eigenvalue weighted by Gasteiger charge is 2.21. The van der Waals surface area contributed by atoms with Crippen LogP contribution in [0.1, 0.15) is 26.5 Å². The number of aromatic nitrogens is 2. The van der Waals surface area contributed by atoms with Crippen molar-refractivity contribution in [2.45, 2.75) is 26.2 Å². The Kier molecular flexibility index (Phi) is 1.72. The summed E-state index contributed by atoms with van der Waals surface area (Å²) >= 11 is 0.803. The number of rotatable bonds is 0. The highest BCUT2D eigenvalue weighted by molar-refractivity contribution is 7.03. The first kappa shape index (κ1) is 7.60. The molecule has 0 saturated carbocycles. The molecule has 4 heteroatoms. The smallest absolute Gasteiger partial charge is 0.191 e. The summed E-state index contributed by atoms with van der Waals surface area (Å²) in [6.45, 7) is 5.73. The zero-order chi connectivity index (χ0) is 7.78. The first-order valence-electron chi connectivity index (χ1n) is 3.00. The number of nitrogens with zero attached hydrogens (tertiary/aromatic N) is 2. The Balaban J connectivity index is 3.05. The number of hydrogen-bond donors (Lipinski definition) is 0. The lowest BCUT2D eigenvalue weighted by Gasteiger charge is -2.13. The number of halogens is 1. The molecule has 1 heterocycles. The van der Waals surface area contributed by atoms with Gasteiger partial charge in [-0.2, -0.15) is 4.39 Å². The molecule has 0 unspecified atom stereocenters. The fourth-order valence-electron chi connectivity index (χ4n) is 0.624. The van der Waals surface area contributed by atoms with Crippen molar-refractivity contribution in [3.8, 4) is 0 Å². The molecule has 0 bridgehead atoms. The van der Waals surface area contributed by atoms with Gasteiger partial charge < -0.3 is 0 Å². The van der Waals surface area contributed by atoms with Crippen LogP contribution in [-0.2, 0) is 5.41 Å². The average molecular weight is 160 g/mol. The normalized spacial score (nSPS) is 12.0. The van der Waals surface area contributed by atoms with Crippen molar-refractivity contribution in [3.05, 3.63) is 10.8 Å². The predicted octanol–water partition coefficient (Wildman–Crippen LogP) is 1.97. The molecule has 1 aromatic heterocycles. The van der Waals surface area contributed by atoms with Crippen LogP contribution in [0, 0.1) is 5.13 Å². The van der Waals surface area contributed by atoms with Crippen molar-refractivity contribution in [1.82, 2.24) is 9.59 Å². The zero-order valence-corrected chi connectivity index (χ0v) is 7.00. The van der Waals surface area contributed by atoms with Gasteiger partial charge in [0.15, 0.2) is 0 Å². The summed E-state index contributed by atoms with van der Waals surface area (Å²) in [5, 5.41) is 3.41. The molecule has 1 aromatic rings. The molecule has 0 aliphatic rings. The van der Waals surface area contributed by atoms with Gasteiger partial charge in [0, 0.05) is 16.9 Å². The molecule has 0 amide bonds. The summed E-state index contributed by atoms with van der Waals surface area (Å²) < 4.78 is 16.2. The largest absolute Gasteiger partial charge is 0.219 e. The molecule has 0 radical (unpaired) electrons. The summed E-state index contributed by atoms with van der Waals surface area (Å²) in [4.78, 5) is 0. The molecule has 0 fully saturated rings. The van der Waals surface area contributed by atoms with Crippen molar-refractivity contribution >= 4 is 11.5 Å². The zero-order valence-electron chi connectivity index (χ0n) is 6.18. The van der Waals surface area contributed by atoms with Gasteiger partial charge in [-0.05, 0) is 0 Å². The molecule has 0 aromatic carbocycles. The molecule has 0 N–H and O–H groups in total. The van der Waals surface area contributed by atoms with Crippen molar-refractivity contribution in [1.29, 1.82) is 0 Å². The van der Waals surface area contributed by atoms with Gasteiger partial charge in [-0.1, -0.05) is 25.3 Å². The van der Waals surface area contributed by atoms with Gasteiger partial charge in [0.25, 0.3) is 0 Å². The number of hydrogen-bond acceptors (Lipinski definition) is 3. The van der Waals surface area contributed by atoms with E-state index in [0.29, 0.717) is 5.69 Å². The van der Waals surface area contributed by atoms with Crippen molar-refractivity contribution < 1.29 is 4.39 Å². The van der Waals surface area contributed by atoms with E-state index >= 15 is 0 Å². The SMILES string of the molecule is CC(C)(C)c1nnsc1F. The van der Waals surface area contributed by atoms with E-state index in [0.717, 1.165) is 11.5 Å². The lowest BCUT2D eigenvalue weighted by Crippen LogP contribution is -2.13. The van der Waals surface area contributed by atoms with E-state index in [1.807, 2.05) is 20.8 Å². The Bertz CT molecular complexity index is 226.